The molecule has 0 aliphatic carbocycles. The van der Waals surface area contributed by atoms with Gasteiger partial charge in [0.1, 0.15) is 5.75 Å². The number of aromatic nitrogens is 4. The van der Waals surface area contributed by atoms with Gasteiger partial charge in [-0.15, -0.1) is 5.10 Å². The molecule has 0 saturated carbocycles. The van der Waals surface area contributed by atoms with Crippen LogP contribution >= 0.6 is 11.8 Å². The molecule has 8 heteroatoms. The van der Waals surface area contributed by atoms with Crippen LogP contribution in [-0.2, 0) is 4.79 Å². The molecule has 134 valence electrons. The highest BCUT2D eigenvalue weighted by Crippen LogP contribution is 2.25. The van der Waals surface area contributed by atoms with Gasteiger partial charge in [-0.1, -0.05) is 24.6 Å². The molecular weight excluding hydrogens is 338 g/mol. The normalized spacial score (nSPS) is 16.3. The van der Waals surface area contributed by atoms with Gasteiger partial charge in [0.2, 0.25) is 11.1 Å². The smallest absolute Gasteiger partial charge is 0.235 e. The molecule has 1 fully saturated rings. The van der Waals surface area contributed by atoms with Crippen LogP contribution in [0.25, 0.3) is 5.69 Å². The zero-order valence-electron chi connectivity index (χ0n) is 14.6. The van der Waals surface area contributed by atoms with Gasteiger partial charge in [-0.05, 0) is 54.5 Å². The second-order valence-electron chi connectivity index (χ2n) is 6.07. The highest BCUT2D eigenvalue weighted by molar-refractivity contribution is 8.00. The SMILES string of the molecule is COc1ccc(-n2nnnc2SC(C)C(=O)N2CCCCCC2)cc1. The number of hydrogen-bond donors (Lipinski definition) is 0. The Labute approximate surface area is 151 Å². The number of amides is 1. The summed E-state index contributed by atoms with van der Waals surface area (Å²) in [7, 11) is 1.63. The summed E-state index contributed by atoms with van der Waals surface area (Å²) >= 11 is 1.39. The maximum absolute atomic E-state index is 12.7. The first kappa shape index (κ1) is 17.7. The predicted octanol–water partition coefficient (Wildman–Crippen LogP) is 2.55. The van der Waals surface area contributed by atoms with Crippen LogP contribution in [0.15, 0.2) is 29.4 Å². The molecule has 3 rings (SSSR count). The molecule has 0 N–H and O–H groups in total. The molecule has 2 aromatic rings. The average molecular weight is 361 g/mol. The highest BCUT2D eigenvalue weighted by atomic mass is 32.2. The number of carbonyl (C=O) groups excluding carboxylic acids is 1. The fourth-order valence-corrected chi connectivity index (χ4v) is 3.79. The number of carbonyl (C=O) groups is 1. The van der Waals surface area contributed by atoms with Gasteiger partial charge in [0.25, 0.3) is 0 Å². The zero-order valence-corrected chi connectivity index (χ0v) is 15.4. The van der Waals surface area contributed by atoms with E-state index in [2.05, 4.69) is 15.5 Å². The van der Waals surface area contributed by atoms with Crippen molar-refractivity contribution in [3.8, 4) is 11.4 Å². The van der Waals surface area contributed by atoms with E-state index in [1.165, 1.54) is 24.6 Å². The molecule has 0 radical (unpaired) electrons. The van der Waals surface area contributed by atoms with Crippen LogP contribution in [-0.4, -0.2) is 56.5 Å². The molecule has 1 aromatic heterocycles. The van der Waals surface area contributed by atoms with E-state index in [-0.39, 0.29) is 11.2 Å². The van der Waals surface area contributed by atoms with Gasteiger partial charge in [-0.2, -0.15) is 4.68 Å². The van der Waals surface area contributed by atoms with Gasteiger partial charge in [0, 0.05) is 13.1 Å². The van der Waals surface area contributed by atoms with Crippen molar-refractivity contribution in [2.75, 3.05) is 20.2 Å². The van der Waals surface area contributed by atoms with Crippen LogP contribution in [0.2, 0.25) is 0 Å². The zero-order chi connectivity index (χ0) is 17.6. The summed E-state index contributed by atoms with van der Waals surface area (Å²) in [5, 5.41) is 12.3. The van der Waals surface area contributed by atoms with Crippen LogP contribution in [0.4, 0.5) is 0 Å². The molecule has 1 unspecified atom stereocenters. The summed E-state index contributed by atoms with van der Waals surface area (Å²) in [6, 6.07) is 7.50. The predicted molar refractivity (Wildman–Crippen MR) is 96.1 cm³/mol. The number of ether oxygens (including phenoxy) is 1. The van der Waals surface area contributed by atoms with Crippen molar-refractivity contribution in [3.63, 3.8) is 0 Å². The largest absolute Gasteiger partial charge is 0.497 e. The van der Waals surface area contributed by atoms with Crippen molar-refractivity contribution < 1.29 is 9.53 Å². The lowest BCUT2D eigenvalue weighted by atomic mass is 10.2. The minimum Gasteiger partial charge on any atom is -0.497 e. The lowest BCUT2D eigenvalue weighted by molar-refractivity contribution is -0.130. The Morgan fingerprint density at radius 1 is 1.16 bits per heavy atom. The van der Waals surface area contributed by atoms with E-state index in [0.29, 0.717) is 5.16 Å². The summed E-state index contributed by atoms with van der Waals surface area (Å²) in [5.41, 5.74) is 0.836. The lowest BCUT2D eigenvalue weighted by Gasteiger charge is -2.23. The maximum Gasteiger partial charge on any atom is 0.235 e. The van der Waals surface area contributed by atoms with E-state index in [9.17, 15) is 4.79 Å². The van der Waals surface area contributed by atoms with Crippen molar-refractivity contribution >= 4 is 17.7 Å². The van der Waals surface area contributed by atoms with E-state index in [1.807, 2.05) is 36.1 Å². The first-order valence-electron chi connectivity index (χ1n) is 8.57. The number of benzene rings is 1. The van der Waals surface area contributed by atoms with Gasteiger partial charge in [-0.3, -0.25) is 4.79 Å². The summed E-state index contributed by atoms with van der Waals surface area (Å²) in [6.45, 7) is 3.63. The number of tetrazole rings is 1. The lowest BCUT2D eigenvalue weighted by Crippen LogP contribution is -2.37. The Morgan fingerprint density at radius 2 is 1.84 bits per heavy atom. The summed E-state index contributed by atoms with van der Waals surface area (Å²) < 4.78 is 6.82. The standard InChI is InChI=1S/C17H23N5O2S/c1-13(16(23)21-11-5-3-4-6-12-21)25-17-18-19-20-22(17)14-7-9-15(24-2)10-8-14/h7-10,13H,3-6,11-12H2,1-2H3. The third kappa shape index (κ3) is 4.31. The van der Waals surface area contributed by atoms with Crippen LogP contribution in [0, 0.1) is 0 Å². The van der Waals surface area contributed by atoms with Crippen molar-refractivity contribution in [2.45, 2.75) is 43.0 Å². The molecule has 1 aromatic carbocycles. The van der Waals surface area contributed by atoms with Crippen LogP contribution < -0.4 is 4.74 Å². The van der Waals surface area contributed by atoms with Crippen molar-refractivity contribution in [1.29, 1.82) is 0 Å². The Hall–Kier alpha value is -2.09. The number of rotatable bonds is 5. The topological polar surface area (TPSA) is 73.1 Å². The fourth-order valence-electron chi connectivity index (χ4n) is 2.89. The van der Waals surface area contributed by atoms with Crippen molar-refractivity contribution in [1.82, 2.24) is 25.1 Å². The van der Waals surface area contributed by atoms with Crippen LogP contribution in [0.3, 0.4) is 0 Å². The Bertz CT molecular complexity index is 695. The quantitative estimate of drug-likeness (QED) is 0.762. The molecule has 1 atom stereocenters. The number of methoxy groups -OCH3 is 1. The van der Waals surface area contributed by atoms with Gasteiger partial charge >= 0.3 is 0 Å². The molecule has 7 nitrogen and oxygen atoms in total. The summed E-state index contributed by atoms with van der Waals surface area (Å²) in [6.07, 6.45) is 4.60. The van der Waals surface area contributed by atoms with E-state index >= 15 is 0 Å². The maximum atomic E-state index is 12.7. The van der Waals surface area contributed by atoms with Gasteiger partial charge in [0.05, 0.1) is 18.0 Å². The minimum absolute atomic E-state index is 0.163. The monoisotopic (exact) mass is 361 g/mol. The van der Waals surface area contributed by atoms with Gasteiger partial charge in [0.15, 0.2) is 0 Å². The second kappa shape index (κ2) is 8.33. The molecule has 0 bridgehead atoms. The fraction of sp³-hybridized carbons (Fsp3) is 0.529. The minimum atomic E-state index is -0.221. The van der Waals surface area contributed by atoms with Gasteiger partial charge < -0.3 is 9.64 Å². The number of nitrogens with zero attached hydrogens (tertiary/aromatic N) is 5. The van der Waals surface area contributed by atoms with E-state index < -0.39 is 0 Å². The number of hydrogen-bond acceptors (Lipinski definition) is 6. The molecule has 0 spiro atoms. The van der Waals surface area contributed by atoms with Crippen molar-refractivity contribution in [3.05, 3.63) is 24.3 Å². The molecule has 1 aliphatic heterocycles. The first-order chi connectivity index (χ1) is 12.2. The third-order valence-electron chi connectivity index (χ3n) is 4.31. The molecule has 1 amide bonds. The van der Waals surface area contributed by atoms with Crippen molar-refractivity contribution in [2.24, 2.45) is 0 Å². The molecule has 2 heterocycles. The van der Waals surface area contributed by atoms with Crippen LogP contribution in [0.5, 0.6) is 5.75 Å². The molecular formula is C17H23N5O2S. The Kier molecular flexibility index (Phi) is 5.91. The number of likely N-dealkylation sites (tertiary alicyclic amines) is 1. The number of thioether (sulfide) groups is 1. The summed E-state index contributed by atoms with van der Waals surface area (Å²) in [4.78, 5) is 14.7. The third-order valence-corrected chi connectivity index (χ3v) is 5.33. The average Bonchev–Trinajstić information content (AvgIpc) is 2.93. The summed E-state index contributed by atoms with van der Waals surface area (Å²) in [5.74, 6) is 0.937. The first-order valence-corrected chi connectivity index (χ1v) is 9.45. The van der Waals surface area contributed by atoms with E-state index in [1.54, 1.807) is 11.8 Å². The Balaban J connectivity index is 1.70. The van der Waals surface area contributed by atoms with Crippen LogP contribution in [0.1, 0.15) is 32.6 Å². The van der Waals surface area contributed by atoms with E-state index in [0.717, 1.165) is 37.4 Å². The molecule has 1 aliphatic rings. The molecule has 1 saturated heterocycles. The Morgan fingerprint density at radius 3 is 2.48 bits per heavy atom. The highest BCUT2D eigenvalue weighted by Gasteiger charge is 2.24. The van der Waals surface area contributed by atoms with E-state index in [4.69, 9.17) is 4.74 Å². The second-order valence-corrected chi connectivity index (χ2v) is 7.38. The molecule has 25 heavy (non-hydrogen) atoms. The van der Waals surface area contributed by atoms with Gasteiger partial charge in [-0.25, -0.2) is 0 Å².